The third-order valence-electron chi connectivity index (χ3n) is 1.87. The average molecular weight is 265 g/mol. The number of allylic oxidation sites excluding steroid dienone is 1. The fourth-order valence-electron chi connectivity index (χ4n) is 0.911. The van der Waals surface area contributed by atoms with Gasteiger partial charge in [0.1, 0.15) is 0 Å². The van der Waals surface area contributed by atoms with Crippen LogP contribution in [-0.4, -0.2) is 38.3 Å². The molecule has 0 bridgehead atoms. The first-order chi connectivity index (χ1) is 7.54. The van der Waals surface area contributed by atoms with E-state index in [9.17, 15) is 9.59 Å². The molecular weight excluding hydrogens is 249 g/mol. The molecule has 0 aliphatic heterocycles. The molecule has 0 rings (SSSR count). The van der Waals surface area contributed by atoms with Crippen molar-refractivity contribution in [3.05, 3.63) is 17.1 Å². The van der Waals surface area contributed by atoms with Crippen molar-refractivity contribution < 1.29 is 65.7 Å². The maximum Gasteiger partial charge on any atom is 1.00 e. The fraction of sp³-hybridized carbons (Fsp3) is 0.500. The Morgan fingerprint density at radius 1 is 1.59 bits per heavy atom. The quantitative estimate of drug-likeness (QED) is 0.323. The first-order valence-electron chi connectivity index (χ1n) is 4.70. The number of nitrogens with zero attached hydrogens (tertiary/aromatic N) is 2. The summed E-state index contributed by atoms with van der Waals surface area (Å²) in [7, 11) is 1.22. The van der Waals surface area contributed by atoms with Crippen LogP contribution >= 0.6 is 0 Å². The second-order valence-electron chi connectivity index (χ2n) is 2.98. The molecule has 0 saturated heterocycles. The van der Waals surface area contributed by atoms with Gasteiger partial charge in [-0.3, -0.25) is 9.79 Å². The van der Waals surface area contributed by atoms with Gasteiger partial charge in [-0.2, -0.15) is 0 Å². The molecule has 0 radical (unpaired) electrons. The summed E-state index contributed by atoms with van der Waals surface area (Å²) >= 11 is 0. The summed E-state index contributed by atoms with van der Waals surface area (Å²) in [6.07, 6.45) is 1.96. The number of carbonyl (C=O) groups excluding carboxylic acids is 2. The van der Waals surface area contributed by atoms with Crippen molar-refractivity contribution in [1.82, 2.24) is 0 Å². The summed E-state index contributed by atoms with van der Waals surface area (Å²) in [5.74, 6) is -1.12. The predicted octanol–water partition coefficient (Wildman–Crippen LogP) is -2.61. The molecule has 90 valence electrons. The zero-order chi connectivity index (χ0) is 12.6. The molecule has 6 nitrogen and oxygen atoms in total. The van der Waals surface area contributed by atoms with Crippen molar-refractivity contribution in [2.75, 3.05) is 13.7 Å². The zero-order valence-electron chi connectivity index (χ0n) is 10.5. The van der Waals surface area contributed by atoms with Crippen LogP contribution in [0.5, 0.6) is 0 Å². The maximum atomic E-state index is 11.3. The smallest absolute Gasteiger partial charge is 0.643 e. The topological polar surface area (TPSA) is 95.9 Å². The molecule has 0 heterocycles. The van der Waals surface area contributed by atoms with Gasteiger partial charge in [-0.15, -0.1) is 0 Å². The van der Waals surface area contributed by atoms with Crippen LogP contribution in [0.1, 0.15) is 13.3 Å². The molecule has 0 spiro atoms. The van der Waals surface area contributed by atoms with Crippen LogP contribution in [0.2, 0.25) is 0 Å². The molecule has 0 saturated carbocycles. The summed E-state index contributed by atoms with van der Waals surface area (Å²) in [6.45, 7) is 4.80. The van der Waals surface area contributed by atoms with Gasteiger partial charge in [-0.1, -0.05) is 6.08 Å². The van der Waals surface area contributed by atoms with Crippen LogP contribution in [0, 0.1) is 0 Å². The molecule has 1 unspecified atom stereocenters. The molecule has 0 aromatic heterocycles. The number of esters is 1. The standard InChI is InChI=1S/C10H17N3O3.K/c1-4-7(12-2)5-8(11)10(15)13-6-9(14)16-3;/h4,8H,2,5-6,11H2,1,3H3,(H,13,15);/q;+1/p-1/b7-4-;. The van der Waals surface area contributed by atoms with Crippen LogP contribution in [0.3, 0.4) is 0 Å². The van der Waals surface area contributed by atoms with E-state index in [0.717, 1.165) is 0 Å². The molecule has 0 aromatic rings. The number of hydrogen-bond acceptors (Lipinski definition) is 5. The molecule has 7 heteroatoms. The Morgan fingerprint density at radius 3 is 2.59 bits per heavy atom. The largest absolute Gasteiger partial charge is 1.00 e. The minimum Gasteiger partial charge on any atom is -0.643 e. The summed E-state index contributed by atoms with van der Waals surface area (Å²) < 4.78 is 4.34. The number of ether oxygens (including phenoxy) is 1. The Bertz CT molecular complexity index is 305. The molecule has 0 aliphatic carbocycles. The Hall–Kier alpha value is -0.0536. The number of aliphatic imine (C=N–C) groups is 1. The Morgan fingerprint density at radius 2 is 2.18 bits per heavy atom. The summed E-state index contributed by atoms with van der Waals surface area (Å²) in [5, 5.41) is 3.49. The average Bonchev–Trinajstić information content (AvgIpc) is 2.31. The van der Waals surface area contributed by atoms with E-state index in [4.69, 9.17) is 5.73 Å². The normalized spacial score (nSPS) is 12.1. The van der Waals surface area contributed by atoms with Crippen molar-refractivity contribution in [2.45, 2.75) is 19.4 Å². The Kier molecular flexibility index (Phi) is 12.6. The zero-order valence-corrected chi connectivity index (χ0v) is 13.6. The van der Waals surface area contributed by atoms with Crippen molar-refractivity contribution in [3.63, 3.8) is 0 Å². The second kappa shape index (κ2) is 11.1. The molecule has 1 atom stereocenters. The van der Waals surface area contributed by atoms with Crippen LogP contribution < -0.4 is 57.1 Å². The van der Waals surface area contributed by atoms with E-state index in [1.807, 2.05) is 0 Å². The van der Waals surface area contributed by atoms with Crippen LogP contribution in [0.25, 0.3) is 5.32 Å². The van der Waals surface area contributed by atoms with Crippen molar-refractivity contribution in [3.8, 4) is 0 Å². The Labute approximate surface area is 143 Å². The van der Waals surface area contributed by atoms with Crippen molar-refractivity contribution in [1.29, 1.82) is 0 Å². The first kappa shape index (κ1) is 19.3. The number of methoxy groups -OCH3 is 1. The van der Waals surface area contributed by atoms with Crippen LogP contribution in [0.15, 0.2) is 16.8 Å². The summed E-state index contributed by atoms with van der Waals surface area (Å²) in [6, 6.07) is -0.804. The van der Waals surface area contributed by atoms with Crippen molar-refractivity contribution >= 4 is 18.6 Å². The first-order valence-corrected chi connectivity index (χ1v) is 4.70. The summed E-state index contributed by atoms with van der Waals surface area (Å²) in [5.41, 5.74) is 6.19. The molecule has 0 fully saturated rings. The molecule has 1 amide bonds. The number of rotatable bonds is 6. The molecule has 2 N–H and O–H groups in total. The van der Waals surface area contributed by atoms with Crippen LogP contribution in [0.4, 0.5) is 0 Å². The van der Waals surface area contributed by atoms with Gasteiger partial charge in [0.2, 0.25) is 0 Å². The van der Waals surface area contributed by atoms with Crippen LogP contribution in [-0.2, 0) is 14.3 Å². The van der Waals surface area contributed by atoms with Gasteiger partial charge in [0, 0.05) is 12.1 Å². The van der Waals surface area contributed by atoms with Crippen molar-refractivity contribution in [2.24, 2.45) is 10.7 Å². The van der Waals surface area contributed by atoms with E-state index in [-0.39, 0.29) is 64.4 Å². The van der Waals surface area contributed by atoms with E-state index in [1.54, 1.807) is 13.0 Å². The van der Waals surface area contributed by atoms with Gasteiger partial charge in [0.15, 0.2) is 0 Å². The third-order valence-corrected chi connectivity index (χ3v) is 1.87. The van der Waals surface area contributed by atoms with E-state index in [1.165, 1.54) is 7.11 Å². The van der Waals surface area contributed by atoms with E-state index in [2.05, 4.69) is 21.8 Å². The number of amides is 1. The third kappa shape index (κ3) is 8.64. The van der Waals surface area contributed by atoms with Gasteiger partial charge in [-0.25, -0.2) is 0 Å². The van der Waals surface area contributed by atoms with Gasteiger partial charge < -0.3 is 20.6 Å². The molecule has 0 aliphatic rings. The van der Waals surface area contributed by atoms with Gasteiger partial charge in [0.05, 0.1) is 19.1 Å². The van der Waals surface area contributed by atoms with E-state index >= 15 is 0 Å². The SMILES string of the molecule is C=N/C(=C\C)CC(N)C(=O)[N-]CC(=O)OC.[K+]. The number of hydrogen-bond donors (Lipinski definition) is 1. The summed E-state index contributed by atoms with van der Waals surface area (Å²) in [4.78, 5) is 25.8. The fourth-order valence-corrected chi connectivity index (χ4v) is 0.911. The monoisotopic (exact) mass is 265 g/mol. The predicted molar refractivity (Wildman–Crippen MR) is 61.1 cm³/mol. The second-order valence-corrected chi connectivity index (χ2v) is 2.98. The van der Waals surface area contributed by atoms with Gasteiger partial charge >= 0.3 is 51.4 Å². The molecular formula is C10H16KN3O3. The van der Waals surface area contributed by atoms with E-state index in [0.29, 0.717) is 5.70 Å². The number of carbonyl (C=O) groups is 2. The van der Waals surface area contributed by atoms with E-state index < -0.39 is 17.9 Å². The molecule has 17 heavy (non-hydrogen) atoms. The minimum absolute atomic E-state index is 0. The van der Waals surface area contributed by atoms with Gasteiger partial charge in [-0.05, 0) is 20.2 Å². The maximum absolute atomic E-state index is 11.3. The minimum atomic E-state index is -0.804. The van der Waals surface area contributed by atoms with Gasteiger partial charge in [0.25, 0.3) is 5.97 Å². The number of nitrogens with two attached hydrogens (primary N) is 1. The molecule has 0 aromatic carbocycles. The Balaban J connectivity index is 0.